The molecule has 16 heavy (non-hydrogen) atoms. The molecule has 0 bridgehead atoms. The molecule has 1 aromatic heterocycles. The Kier molecular flexibility index (Phi) is 3.41. The van der Waals surface area contributed by atoms with Crippen molar-refractivity contribution in [2.24, 2.45) is 0 Å². The summed E-state index contributed by atoms with van der Waals surface area (Å²) < 4.78 is 74.5. The van der Waals surface area contributed by atoms with Gasteiger partial charge in [-0.25, -0.2) is 13.2 Å². The van der Waals surface area contributed by atoms with Gasteiger partial charge in [-0.3, -0.25) is 4.98 Å². The zero-order valence-electron chi connectivity index (χ0n) is 7.52. The van der Waals surface area contributed by atoms with Crippen molar-refractivity contribution in [3.05, 3.63) is 28.8 Å². The van der Waals surface area contributed by atoms with Crippen LogP contribution in [0.1, 0.15) is 23.2 Å². The molecule has 0 radical (unpaired) electrons. The average Bonchev–Trinajstić information content (AvgIpc) is 2.15. The fraction of sp³-hybridized carbons (Fsp3) is 0.375. The molecule has 1 N–H and O–H groups in total. The molecular formula is C8H5F6NO. The predicted octanol–water partition coefficient (Wildman–Crippen LogP) is 2.67. The van der Waals surface area contributed by atoms with Crippen molar-refractivity contribution in [2.75, 3.05) is 0 Å². The van der Waals surface area contributed by atoms with E-state index in [0.717, 1.165) is 0 Å². The van der Waals surface area contributed by atoms with Crippen molar-refractivity contribution >= 4 is 0 Å². The second-order valence-corrected chi connectivity index (χ2v) is 2.80. The van der Waals surface area contributed by atoms with Gasteiger partial charge in [0.25, 0.3) is 6.43 Å². The first-order valence-corrected chi connectivity index (χ1v) is 3.92. The minimum absolute atomic E-state index is 0.153. The highest BCUT2D eigenvalue weighted by molar-refractivity contribution is 5.34. The molecule has 0 unspecified atom stereocenters. The van der Waals surface area contributed by atoms with Crippen LogP contribution in [-0.2, 0) is 12.8 Å². The van der Waals surface area contributed by atoms with Gasteiger partial charge < -0.3 is 5.11 Å². The Morgan fingerprint density at radius 2 is 1.88 bits per heavy atom. The Morgan fingerprint density at radius 3 is 2.25 bits per heavy atom. The van der Waals surface area contributed by atoms with Gasteiger partial charge in [0, 0.05) is 0 Å². The van der Waals surface area contributed by atoms with E-state index in [9.17, 15) is 26.3 Å². The van der Waals surface area contributed by atoms with Crippen molar-refractivity contribution in [1.29, 1.82) is 0 Å². The smallest absolute Gasteiger partial charge is 0.390 e. The molecule has 0 atom stereocenters. The third kappa shape index (κ3) is 2.26. The van der Waals surface area contributed by atoms with E-state index in [4.69, 9.17) is 5.11 Å². The molecule has 0 aromatic carbocycles. The largest absolute Gasteiger partial charge is 0.419 e. The van der Waals surface area contributed by atoms with Gasteiger partial charge in [0.05, 0.1) is 24.1 Å². The number of hydrogen-bond donors (Lipinski definition) is 1. The Labute approximate surface area is 85.5 Å². The van der Waals surface area contributed by atoms with Gasteiger partial charge >= 0.3 is 6.18 Å². The number of aromatic nitrogens is 1. The summed E-state index contributed by atoms with van der Waals surface area (Å²) in [5.74, 6) is -1.89. The number of aliphatic hydroxyl groups excluding tert-OH is 1. The van der Waals surface area contributed by atoms with E-state index in [2.05, 4.69) is 4.98 Å². The van der Waals surface area contributed by atoms with Crippen LogP contribution in [0.3, 0.4) is 0 Å². The third-order valence-electron chi connectivity index (χ3n) is 1.80. The summed E-state index contributed by atoms with van der Waals surface area (Å²) in [6, 6.07) is 0. The lowest BCUT2D eigenvalue weighted by atomic mass is 10.1. The highest BCUT2D eigenvalue weighted by Gasteiger charge is 2.40. The van der Waals surface area contributed by atoms with Gasteiger partial charge in [0.15, 0.2) is 5.82 Å². The molecule has 0 saturated heterocycles. The van der Waals surface area contributed by atoms with E-state index in [1.165, 1.54) is 0 Å². The van der Waals surface area contributed by atoms with Gasteiger partial charge in [0.1, 0.15) is 5.56 Å². The quantitative estimate of drug-likeness (QED) is 0.812. The number of alkyl halides is 5. The summed E-state index contributed by atoms with van der Waals surface area (Å²) in [5, 5.41) is 8.56. The van der Waals surface area contributed by atoms with Crippen LogP contribution in [0.25, 0.3) is 0 Å². The number of aliphatic hydroxyl groups is 1. The second kappa shape index (κ2) is 4.28. The zero-order valence-corrected chi connectivity index (χ0v) is 7.52. The topological polar surface area (TPSA) is 33.1 Å². The van der Waals surface area contributed by atoms with Crippen molar-refractivity contribution in [1.82, 2.24) is 4.98 Å². The molecule has 0 aliphatic rings. The van der Waals surface area contributed by atoms with Crippen LogP contribution in [0.4, 0.5) is 26.3 Å². The summed E-state index contributed by atoms with van der Waals surface area (Å²) in [7, 11) is 0. The lowest BCUT2D eigenvalue weighted by Crippen LogP contribution is -2.16. The minimum Gasteiger partial charge on any atom is -0.390 e. The maximum atomic E-state index is 12.8. The molecule has 0 saturated carbocycles. The molecule has 0 amide bonds. The standard InChI is InChI=1S/C8H5F6NO/c9-3-1-15-4(2-16)5(7(10)11)6(3)8(12,13)14/h1,7,16H,2H2. The number of halogens is 6. The zero-order chi connectivity index (χ0) is 12.5. The van der Waals surface area contributed by atoms with Gasteiger partial charge in [-0.1, -0.05) is 0 Å². The third-order valence-corrected chi connectivity index (χ3v) is 1.80. The van der Waals surface area contributed by atoms with Gasteiger partial charge in [-0.05, 0) is 0 Å². The molecule has 0 aliphatic carbocycles. The number of pyridine rings is 1. The fourth-order valence-corrected chi connectivity index (χ4v) is 1.19. The highest BCUT2D eigenvalue weighted by Crippen LogP contribution is 2.39. The minimum atomic E-state index is -5.26. The van der Waals surface area contributed by atoms with Crippen molar-refractivity contribution in [2.45, 2.75) is 19.2 Å². The fourth-order valence-electron chi connectivity index (χ4n) is 1.19. The van der Waals surface area contributed by atoms with Crippen LogP contribution < -0.4 is 0 Å². The van der Waals surface area contributed by atoms with Crippen molar-refractivity contribution in [3.63, 3.8) is 0 Å². The molecule has 1 rings (SSSR count). The van der Waals surface area contributed by atoms with Crippen LogP contribution in [-0.4, -0.2) is 10.1 Å². The van der Waals surface area contributed by atoms with Gasteiger partial charge in [-0.2, -0.15) is 13.2 Å². The first kappa shape index (κ1) is 12.8. The molecule has 1 heterocycles. The van der Waals surface area contributed by atoms with Crippen LogP contribution in [0.2, 0.25) is 0 Å². The molecular weight excluding hydrogens is 240 g/mol. The molecule has 0 fully saturated rings. The molecule has 90 valence electrons. The lowest BCUT2D eigenvalue weighted by molar-refractivity contribution is -0.142. The van der Waals surface area contributed by atoms with Crippen LogP contribution in [0, 0.1) is 5.82 Å². The Hall–Kier alpha value is -1.31. The normalized spacial score (nSPS) is 12.2. The maximum absolute atomic E-state index is 12.8. The number of rotatable bonds is 2. The van der Waals surface area contributed by atoms with Crippen molar-refractivity contribution in [3.8, 4) is 0 Å². The van der Waals surface area contributed by atoms with E-state index in [0.29, 0.717) is 0 Å². The van der Waals surface area contributed by atoms with E-state index in [-0.39, 0.29) is 6.20 Å². The second-order valence-electron chi connectivity index (χ2n) is 2.80. The molecule has 1 aromatic rings. The van der Waals surface area contributed by atoms with Gasteiger partial charge in [-0.15, -0.1) is 0 Å². The van der Waals surface area contributed by atoms with E-state index < -0.39 is 41.8 Å². The van der Waals surface area contributed by atoms with Crippen LogP contribution in [0.15, 0.2) is 6.20 Å². The average molecular weight is 245 g/mol. The Balaban J connectivity index is 3.55. The monoisotopic (exact) mass is 245 g/mol. The highest BCUT2D eigenvalue weighted by atomic mass is 19.4. The summed E-state index contributed by atoms with van der Waals surface area (Å²) in [6.07, 6.45) is -8.68. The number of nitrogens with zero attached hydrogens (tertiary/aromatic N) is 1. The Morgan fingerprint density at radius 1 is 1.31 bits per heavy atom. The van der Waals surface area contributed by atoms with Crippen LogP contribution >= 0.6 is 0 Å². The first-order chi connectivity index (χ1) is 7.29. The van der Waals surface area contributed by atoms with Gasteiger partial charge in [0.2, 0.25) is 0 Å². The summed E-state index contributed by atoms with van der Waals surface area (Å²) in [4.78, 5) is 2.99. The summed E-state index contributed by atoms with van der Waals surface area (Å²) in [6.45, 7) is -1.12. The SMILES string of the molecule is OCc1ncc(F)c(C(F)(F)F)c1C(F)F. The van der Waals surface area contributed by atoms with E-state index in [1.807, 2.05) is 0 Å². The van der Waals surface area contributed by atoms with Crippen molar-refractivity contribution < 1.29 is 31.4 Å². The van der Waals surface area contributed by atoms with Crippen LogP contribution in [0.5, 0.6) is 0 Å². The first-order valence-electron chi connectivity index (χ1n) is 3.92. The molecule has 0 aliphatic heterocycles. The van der Waals surface area contributed by atoms with E-state index >= 15 is 0 Å². The summed E-state index contributed by atoms with van der Waals surface area (Å²) >= 11 is 0. The van der Waals surface area contributed by atoms with E-state index in [1.54, 1.807) is 0 Å². The maximum Gasteiger partial charge on any atom is 0.419 e. The molecule has 8 heteroatoms. The Bertz CT molecular complexity index is 389. The predicted molar refractivity (Wildman–Crippen MR) is 40.1 cm³/mol. The molecule has 2 nitrogen and oxygen atoms in total. The lowest BCUT2D eigenvalue weighted by Gasteiger charge is -2.15. The molecule has 0 spiro atoms. The summed E-state index contributed by atoms with van der Waals surface area (Å²) in [5.41, 5.74) is -4.58. The number of hydrogen-bond acceptors (Lipinski definition) is 2.